The molecule has 2 N–H and O–H groups in total. The molecule has 23 heavy (non-hydrogen) atoms. The number of hydrogen-bond donors (Lipinski definition) is 2. The molecule has 0 aliphatic carbocycles. The number of nitrogens with one attached hydrogen (secondary N) is 1. The zero-order valence-corrected chi connectivity index (χ0v) is 13.6. The van der Waals surface area contributed by atoms with Gasteiger partial charge in [-0.05, 0) is 37.3 Å². The fourth-order valence-corrected chi connectivity index (χ4v) is 2.34. The lowest BCUT2D eigenvalue weighted by Gasteiger charge is -2.10. The van der Waals surface area contributed by atoms with Crippen molar-refractivity contribution in [1.82, 2.24) is 0 Å². The second kappa shape index (κ2) is 7.35. The van der Waals surface area contributed by atoms with E-state index in [9.17, 15) is 14.7 Å². The summed E-state index contributed by atoms with van der Waals surface area (Å²) in [5.74, 6) is -1.50. The van der Waals surface area contributed by atoms with Crippen LogP contribution in [0.4, 0.5) is 5.69 Å². The monoisotopic (exact) mass is 353 g/mol. The standard InChI is InChI=1S/C16H13Cl2NO4/c1-2-23-16(22)10-8-9(6-7-13(10)20)15(21)19-14-11(17)4-3-5-12(14)18/h3-8,20H,2H2,1H3,(H,19,21). The molecule has 2 rings (SSSR count). The summed E-state index contributed by atoms with van der Waals surface area (Å²) in [6.07, 6.45) is 0. The van der Waals surface area contributed by atoms with Crippen molar-refractivity contribution in [1.29, 1.82) is 0 Å². The number of hydrogen-bond acceptors (Lipinski definition) is 4. The number of ether oxygens (including phenoxy) is 1. The van der Waals surface area contributed by atoms with Crippen LogP contribution in [0.3, 0.4) is 0 Å². The highest BCUT2D eigenvalue weighted by molar-refractivity contribution is 6.40. The van der Waals surface area contributed by atoms with Crippen LogP contribution in [0.5, 0.6) is 5.75 Å². The minimum atomic E-state index is -0.713. The van der Waals surface area contributed by atoms with Crippen LogP contribution in [0, 0.1) is 0 Å². The molecule has 0 saturated heterocycles. The molecule has 2 aromatic carbocycles. The summed E-state index contributed by atoms with van der Waals surface area (Å²) < 4.78 is 4.83. The third-order valence-electron chi connectivity index (χ3n) is 2.96. The molecule has 0 aliphatic heterocycles. The first kappa shape index (κ1) is 17.1. The predicted molar refractivity (Wildman–Crippen MR) is 88.5 cm³/mol. The Hall–Kier alpha value is -2.24. The number of halogens is 2. The quantitative estimate of drug-likeness (QED) is 0.810. The Morgan fingerprint density at radius 1 is 1.17 bits per heavy atom. The molecule has 0 saturated carbocycles. The highest BCUT2D eigenvalue weighted by Gasteiger charge is 2.17. The van der Waals surface area contributed by atoms with Crippen molar-refractivity contribution in [3.8, 4) is 5.75 Å². The molecule has 0 radical (unpaired) electrons. The van der Waals surface area contributed by atoms with E-state index in [1.54, 1.807) is 25.1 Å². The lowest BCUT2D eigenvalue weighted by Crippen LogP contribution is -2.14. The molecule has 0 bridgehead atoms. The molecule has 0 spiro atoms. The van der Waals surface area contributed by atoms with Crippen molar-refractivity contribution in [3.63, 3.8) is 0 Å². The van der Waals surface area contributed by atoms with E-state index in [2.05, 4.69) is 5.32 Å². The number of carbonyl (C=O) groups is 2. The van der Waals surface area contributed by atoms with Crippen LogP contribution in [0.15, 0.2) is 36.4 Å². The first-order chi connectivity index (χ1) is 10.9. The molecule has 0 unspecified atom stereocenters. The van der Waals surface area contributed by atoms with Gasteiger partial charge in [0.05, 0.1) is 22.3 Å². The summed E-state index contributed by atoms with van der Waals surface area (Å²) in [5.41, 5.74) is 0.332. The first-order valence-corrected chi connectivity index (χ1v) is 7.45. The number of phenolic OH excluding ortho intramolecular Hbond substituents is 1. The van der Waals surface area contributed by atoms with Gasteiger partial charge >= 0.3 is 5.97 Å². The molecule has 0 fully saturated rings. The van der Waals surface area contributed by atoms with Crippen LogP contribution in [0.25, 0.3) is 0 Å². The molecule has 0 aromatic heterocycles. The second-order valence-corrected chi connectivity index (χ2v) is 5.32. The van der Waals surface area contributed by atoms with Crippen LogP contribution < -0.4 is 5.32 Å². The maximum Gasteiger partial charge on any atom is 0.341 e. The molecule has 7 heteroatoms. The molecule has 5 nitrogen and oxygen atoms in total. The smallest absolute Gasteiger partial charge is 0.341 e. The van der Waals surface area contributed by atoms with Gasteiger partial charge in [-0.25, -0.2) is 4.79 Å². The van der Waals surface area contributed by atoms with E-state index in [0.717, 1.165) is 0 Å². The Bertz CT molecular complexity index is 741. The summed E-state index contributed by atoms with van der Waals surface area (Å²) in [7, 11) is 0. The van der Waals surface area contributed by atoms with E-state index in [-0.39, 0.29) is 39.2 Å². The zero-order valence-electron chi connectivity index (χ0n) is 12.1. The van der Waals surface area contributed by atoms with Gasteiger partial charge in [0, 0.05) is 5.56 Å². The summed E-state index contributed by atoms with van der Waals surface area (Å²) >= 11 is 12.0. The van der Waals surface area contributed by atoms with E-state index in [1.165, 1.54) is 18.2 Å². The van der Waals surface area contributed by atoms with Crippen LogP contribution >= 0.6 is 23.2 Å². The zero-order chi connectivity index (χ0) is 17.0. The number of phenols is 1. The van der Waals surface area contributed by atoms with Gasteiger partial charge in [-0.15, -0.1) is 0 Å². The SMILES string of the molecule is CCOC(=O)c1cc(C(=O)Nc2c(Cl)cccc2Cl)ccc1O. The Kier molecular flexibility index (Phi) is 5.47. The molecule has 120 valence electrons. The number of para-hydroxylation sites is 1. The van der Waals surface area contributed by atoms with E-state index in [1.807, 2.05) is 0 Å². The van der Waals surface area contributed by atoms with Crippen LogP contribution in [-0.2, 0) is 4.74 Å². The van der Waals surface area contributed by atoms with Crippen LogP contribution in [-0.4, -0.2) is 23.6 Å². The van der Waals surface area contributed by atoms with E-state index < -0.39 is 11.9 Å². The lowest BCUT2D eigenvalue weighted by molar-refractivity contribution is 0.0523. The molecule has 0 aliphatic rings. The third-order valence-corrected chi connectivity index (χ3v) is 3.59. The topological polar surface area (TPSA) is 75.6 Å². The number of anilines is 1. The molecule has 0 atom stereocenters. The van der Waals surface area contributed by atoms with Crippen molar-refractivity contribution >= 4 is 40.8 Å². The van der Waals surface area contributed by atoms with Gasteiger partial charge in [0.2, 0.25) is 0 Å². The van der Waals surface area contributed by atoms with Gasteiger partial charge in [0.15, 0.2) is 0 Å². The Balaban J connectivity index is 2.30. The van der Waals surface area contributed by atoms with Crippen molar-refractivity contribution < 1.29 is 19.4 Å². The number of rotatable bonds is 4. The second-order valence-electron chi connectivity index (χ2n) is 4.50. The fourth-order valence-electron chi connectivity index (χ4n) is 1.85. The van der Waals surface area contributed by atoms with Crippen molar-refractivity contribution in [2.45, 2.75) is 6.92 Å². The molecule has 1 amide bonds. The van der Waals surface area contributed by atoms with Gasteiger partial charge < -0.3 is 15.2 Å². The maximum atomic E-state index is 12.3. The Morgan fingerprint density at radius 2 is 1.83 bits per heavy atom. The average molecular weight is 354 g/mol. The number of benzene rings is 2. The third kappa shape index (κ3) is 3.94. The number of esters is 1. The largest absolute Gasteiger partial charge is 0.507 e. The lowest BCUT2D eigenvalue weighted by atomic mass is 10.1. The Morgan fingerprint density at radius 3 is 2.43 bits per heavy atom. The highest BCUT2D eigenvalue weighted by atomic mass is 35.5. The highest BCUT2D eigenvalue weighted by Crippen LogP contribution is 2.30. The number of aromatic hydroxyl groups is 1. The van der Waals surface area contributed by atoms with Gasteiger partial charge in [0.25, 0.3) is 5.91 Å². The van der Waals surface area contributed by atoms with E-state index in [4.69, 9.17) is 27.9 Å². The minimum Gasteiger partial charge on any atom is -0.507 e. The van der Waals surface area contributed by atoms with Gasteiger partial charge in [0.1, 0.15) is 11.3 Å². The average Bonchev–Trinajstić information content (AvgIpc) is 2.51. The molecule has 0 heterocycles. The van der Waals surface area contributed by atoms with Gasteiger partial charge in [-0.1, -0.05) is 29.3 Å². The fraction of sp³-hybridized carbons (Fsp3) is 0.125. The van der Waals surface area contributed by atoms with Crippen molar-refractivity contribution in [3.05, 3.63) is 57.6 Å². The molecule has 2 aromatic rings. The number of carbonyl (C=O) groups excluding carboxylic acids is 2. The minimum absolute atomic E-state index is 0.0928. The van der Waals surface area contributed by atoms with Crippen molar-refractivity contribution in [2.24, 2.45) is 0 Å². The summed E-state index contributed by atoms with van der Waals surface area (Å²) in [6, 6.07) is 8.69. The first-order valence-electron chi connectivity index (χ1n) is 6.69. The maximum absolute atomic E-state index is 12.3. The number of amides is 1. The van der Waals surface area contributed by atoms with E-state index >= 15 is 0 Å². The summed E-state index contributed by atoms with van der Waals surface area (Å²) in [5, 5.41) is 12.9. The summed E-state index contributed by atoms with van der Waals surface area (Å²) in [6.45, 7) is 1.80. The van der Waals surface area contributed by atoms with Crippen molar-refractivity contribution in [2.75, 3.05) is 11.9 Å². The normalized spacial score (nSPS) is 10.2. The molecular formula is C16H13Cl2NO4. The van der Waals surface area contributed by atoms with Crippen LogP contribution in [0.2, 0.25) is 10.0 Å². The molecular weight excluding hydrogens is 341 g/mol. The van der Waals surface area contributed by atoms with Gasteiger partial charge in [-0.2, -0.15) is 0 Å². The predicted octanol–water partition coefficient (Wildman–Crippen LogP) is 4.13. The van der Waals surface area contributed by atoms with Crippen LogP contribution in [0.1, 0.15) is 27.6 Å². The van der Waals surface area contributed by atoms with Gasteiger partial charge in [-0.3, -0.25) is 4.79 Å². The Labute approximate surface area is 142 Å². The van der Waals surface area contributed by atoms with E-state index in [0.29, 0.717) is 0 Å². The summed E-state index contributed by atoms with van der Waals surface area (Å²) in [4.78, 5) is 24.1.